The van der Waals surface area contributed by atoms with Crippen molar-refractivity contribution in [1.29, 1.82) is 0 Å². The van der Waals surface area contributed by atoms with Gasteiger partial charge in [0.25, 0.3) is 7.37 Å². The molecular formula is C10H10F3O2P. The first kappa shape index (κ1) is 13.0. The van der Waals surface area contributed by atoms with Crippen LogP contribution in [0.2, 0.25) is 0 Å². The van der Waals surface area contributed by atoms with E-state index in [0.29, 0.717) is 5.82 Å². The molecule has 0 aliphatic carbocycles. The van der Waals surface area contributed by atoms with Crippen LogP contribution in [0.15, 0.2) is 36.2 Å². The molecule has 0 saturated carbocycles. The zero-order valence-corrected chi connectivity index (χ0v) is 9.30. The zero-order valence-electron chi connectivity index (χ0n) is 8.40. The fourth-order valence-electron chi connectivity index (χ4n) is 1.03. The van der Waals surface area contributed by atoms with Crippen molar-refractivity contribution >= 4 is 12.7 Å². The summed E-state index contributed by atoms with van der Waals surface area (Å²) in [4.78, 5) is 9.41. The Morgan fingerprint density at radius 2 is 1.75 bits per heavy atom. The second-order valence-electron chi connectivity index (χ2n) is 3.32. The Morgan fingerprint density at radius 3 is 2.19 bits per heavy atom. The largest absolute Gasteiger partial charge is 0.409 e. The fourth-order valence-corrected chi connectivity index (χ4v) is 2.15. The summed E-state index contributed by atoms with van der Waals surface area (Å²) < 4.78 is 47.1. The van der Waals surface area contributed by atoms with Crippen molar-refractivity contribution in [3.8, 4) is 0 Å². The van der Waals surface area contributed by atoms with Gasteiger partial charge in [-0.2, -0.15) is 13.2 Å². The average Bonchev–Trinajstić information content (AvgIpc) is 2.15. The van der Waals surface area contributed by atoms with Crippen LogP contribution in [0, 0.1) is 6.92 Å². The highest BCUT2D eigenvalue weighted by molar-refractivity contribution is 7.69. The lowest BCUT2D eigenvalue weighted by atomic mass is 10.2. The van der Waals surface area contributed by atoms with Gasteiger partial charge in [0.15, 0.2) is 0 Å². The van der Waals surface area contributed by atoms with E-state index in [9.17, 15) is 22.6 Å². The van der Waals surface area contributed by atoms with E-state index in [0.717, 1.165) is 5.56 Å². The van der Waals surface area contributed by atoms with Gasteiger partial charge in [-0.15, -0.1) is 0 Å². The Morgan fingerprint density at radius 1 is 1.25 bits per heavy atom. The number of hydrogen-bond donors (Lipinski definition) is 1. The molecule has 0 spiro atoms. The van der Waals surface area contributed by atoms with Crippen LogP contribution >= 0.6 is 7.37 Å². The lowest BCUT2D eigenvalue weighted by molar-refractivity contribution is -0.0797. The fraction of sp³-hybridized carbons (Fsp3) is 0.200. The van der Waals surface area contributed by atoms with Gasteiger partial charge in [0.1, 0.15) is 0 Å². The minimum absolute atomic E-state index is 0.0152. The molecule has 0 heterocycles. The van der Waals surface area contributed by atoms with E-state index in [1.54, 1.807) is 19.1 Å². The SMILES string of the molecule is Cc1ccc(P(=O)(O)C=CC(F)(F)F)cc1. The number of allylic oxidation sites excluding steroid dienone is 1. The molecular weight excluding hydrogens is 240 g/mol. The van der Waals surface area contributed by atoms with Crippen molar-refractivity contribution in [3.63, 3.8) is 0 Å². The van der Waals surface area contributed by atoms with Crippen LogP contribution in [0.25, 0.3) is 0 Å². The number of aryl methyl sites for hydroxylation is 1. The third kappa shape index (κ3) is 3.83. The highest BCUT2D eigenvalue weighted by atomic mass is 31.2. The maximum absolute atomic E-state index is 11.8. The molecule has 2 nitrogen and oxygen atoms in total. The number of rotatable bonds is 2. The van der Waals surface area contributed by atoms with Crippen molar-refractivity contribution in [2.24, 2.45) is 0 Å². The Kier molecular flexibility index (Phi) is 3.61. The molecule has 1 atom stereocenters. The second kappa shape index (κ2) is 4.44. The van der Waals surface area contributed by atoms with Crippen molar-refractivity contribution < 1.29 is 22.6 Å². The van der Waals surface area contributed by atoms with Crippen LogP contribution in [-0.4, -0.2) is 11.1 Å². The van der Waals surface area contributed by atoms with Gasteiger partial charge in [-0.05, 0) is 19.1 Å². The van der Waals surface area contributed by atoms with Crippen LogP contribution in [0.4, 0.5) is 13.2 Å². The summed E-state index contributed by atoms with van der Waals surface area (Å²) in [5.74, 6) is 0.303. The maximum Gasteiger partial charge on any atom is 0.409 e. The second-order valence-corrected chi connectivity index (χ2v) is 5.38. The zero-order chi connectivity index (χ0) is 12.4. The van der Waals surface area contributed by atoms with Gasteiger partial charge in [0, 0.05) is 17.2 Å². The summed E-state index contributed by atoms with van der Waals surface area (Å²) in [6, 6.07) is 5.83. The molecule has 0 aliphatic rings. The summed E-state index contributed by atoms with van der Waals surface area (Å²) in [5.41, 5.74) is 0.864. The van der Waals surface area contributed by atoms with E-state index in [2.05, 4.69) is 0 Å². The Hall–Kier alpha value is -1.06. The molecule has 6 heteroatoms. The van der Waals surface area contributed by atoms with Crippen molar-refractivity contribution in [1.82, 2.24) is 0 Å². The third-order valence-corrected chi connectivity index (χ3v) is 3.46. The predicted octanol–water partition coefficient (Wildman–Crippen LogP) is 2.97. The first-order valence-corrected chi connectivity index (χ1v) is 6.10. The van der Waals surface area contributed by atoms with Gasteiger partial charge in [0.05, 0.1) is 0 Å². The third-order valence-electron chi connectivity index (χ3n) is 1.87. The molecule has 1 aromatic rings. The van der Waals surface area contributed by atoms with E-state index in [1.165, 1.54) is 12.1 Å². The van der Waals surface area contributed by atoms with Crippen LogP contribution in [0.3, 0.4) is 0 Å². The first-order chi connectivity index (χ1) is 7.21. The molecule has 0 bridgehead atoms. The van der Waals surface area contributed by atoms with Gasteiger partial charge in [0.2, 0.25) is 0 Å². The van der Waals surface area contributed by atoms with E-state index in [1.807, 2.05) is 0 Å². The first-order valence-electron chi connectivity index (χ1n) is 4.37. The smallest absolute Gasteiger partial charge is 0.338 e. The topological polar surface area (TPSA) is 37.3 Å². The highest BCUT2D eigenvalue weighted by Gasteiger charge is 2.26. The highest BCUT2D eigenvalue weighted by Crippen LogP contribution is 2.42. The molecule has 1 rings (SSSR count). The number of halogens is 3. The maximum atomic E-state index is 11.8. The monoisotopic (exact) mass is 250 g/mol. The summed E-state index contributed by atoms with van der Waals surface area (Å²) in [6.07, 6.45) is -4.79. The minimum Gasteiger partial charge on any atom is -0.338 e. The van der Waals surface area contributed by atoms with Crippen LogP contribution in [0.5, 0.6) is 0 Å². The lowest BCUT2D eigenvalue weighted by Gasteiger charge is -2.07. The quantitative estimate of drug-likeness (QED) is 0.819. The molecule has 16 heavy (non-hydrogen) atoms. The van der Waals surface area contributed by atoms with Gasteiger partial charge in [-0.25, -0.2) is 0 Å². The summed E-state index contributed by atoms with van der Waals surface area (Å²) in [7, 11) is -4.06. The lowest BCUT2D eigenvalue weighted by Crippen LogP contribution is -2.05. The van der Waals surface area contributed by atoms with Gasteiger partial charge in [-0.3, -0.25) is 4.57 Å². The number of alkyl halides is 3. The molecule has 1 unspecified atom stereocenters. The van der Waals surface area contributed by atoms with Crippen molar-refractivity contribution in [2.75, 3.05) is 0 Å². The van der Waals surface area contributed by atoms with Gasteiger partial charge < -0.3 is 4.89 Å². The molecule has 0 fully saturated rings. The number of benzene rings is 1. The Balaban J connectivity index is 2.99. The Labute approximate surface area is 90.9 Å². The standard InChI is InChI=1S/C10H10F3O2P/c1-8-2-4-9(5-3-8)16(14,15)7-6-10(11,12)13/h2-7H,1H3,(H,14,15). The molecule has 0 radical (unpaired) electrons. The van der Waals surface area contributed by atoms with Gasteiger partial charge >= 0.3 is 6.18 Å². The van der Waals surface area contributed by atoms with E-state index >= 15 is 0 Å². The Bertz CT molecular complexity index is 434. The van der Waals surface area contributed by atoms with E-state index in [-0.39, 0.29) is 11.4 Å². The molecule has 0 aromatic heterocycles. The van der Waals surface area contributed by atoms with Gasteiger partial charge in [-0.1, -0.05) is 17.7 Å². The van der Waals surface area contributed by atoms with Crippen LogP contribution in [0.1, 0.15) is 5.56 Å². The average molecular weight is 250 g/mol. The minimum atomic E-state index is -4.58. The molecule has 88 valence electrons. The van der Waals surface area contributed by atoms with E-state index in [4.69, 9.17) is 0 Å². The molecule has 1 aromatic carbocycles. The molecule has 1 N–H and O–H groups in total. The van der Waals surface area contributed by atoms with Crippen LogP contribution in [-0.2, 0) is 4.57 Å². The summed E-state index contributed by atoms with van der Waals surface area (Å²) in [6.45, 7) is 1.78. The van der Waals surface area contributed by atoms with Crippen LogP contribution < -0.4 is 5.30 Å². The number of hydrogen-bond acceptors (Lipinski definition) is 1. The normalized spacial score (nSPS) is 16.3. The molecule has 0 amide bonds. The summed E-state index contributed by atoms with van der Waals surface area (Å²) in [5, 5.41) is -0.0152. The molecule has 0 aliphatic heterocycles. The van der Waals surface area contributed by atoms with E-state index < -0.39 is 13.5 Å². The van der Waals surface area contributed by atoms with Crippen molar-refractivity contribution in [2.45, 2.75) is 13.1 Å². The molecule has 0 saturated heterocycles. The summed E-state index contributed by atoms with van der Waals surface area (Å²) >= 11 is 0. The predicted molar refractivity (Wildman–Crippen MR) is 55.8 cm³/mol. The van der Waals surface area contributed by atoms with Crippen molar-refractivity contribution in [3.05, 3.63) is 41.7 Å².